The molecular formula is C23H16AuO5PRe+. The number of hydrogen-bond donors (Lipinski definition) is 0. The van der Waals surface area contributed by atoms with Gasteiger partial charge in [0, 0.05) is 42.8 Å². The van der Waals surface area contributed by atoms with Crippen LogP contribution in [0.4, 0.5) is 0 Å². The van der Waals surface area contributed by atoms with Crippen molar-refractivity contribution < 1.29 is 66.1 Å². The predicted molar refractivity (Wildman–Crippen MR) is 106 cm³/mol. The Kier molecular flexibility index (Phi) is 42.0. The van der Waals surface area contributed by atoms with Crippen molar-refractivity contribution in [2.45, 2.75) is 0 Å². The second-order valence-electron chi connectivity index (χ2n) is 4.47. The Bertz CT molecular complexity index is 722. The van der Waals surface area contributed by atoms with E-state index in [4.69, 9.17) is 23.3 Å². The molecule has 5 nitrogen and oxygen atoms in total. The first kappa shape index (κ1) is 39.6. The van der Waals surface area contributed by atoms with Crippen molar-refractivity contribution in [3.8, 4) is 0 Å². The Hall–Kier alpha value is -1.81. The Morgan fingerprint density at radius 3 is 0.710 bits per heavy atom. The van der Waals surface area contributed by atoms with Crippen molar-refractivity contribution in [1.82, 2.24) is 0 Å². The van der Waals surface area contributed by atoms with Gasteiger partial charge in [-0.25, -0.2) is 0 Å². The molecule has 0 atom stereocenters. The van der Waals surface area contributed by atoms with Gasteiger partial charge < -0.3 is 0 Å². The second-order valence-corrected chi connectivity index (χ2v) is 6.96. The zero-order valence-electron chi connectivity index (χ0n) is 15.9. The van der Waals surface area contributed by atoms with Crippen molar-refractivity contribution >= 4 is 23.8 Å². The Labute approximate surface area is 213 Å². The van der Waals surface area contributed by atoms with Gasteiger partial charge in [0.2, 0.25) is 0 Å². The van der Waals surface area contributed by atoms with Gasteiger partial charge in [-0.1, -0.05) is 54.6 Å². The van der Waals surface area contributed by atoms with E-state index in [-0.39, 0.29) is 42.8 Å². The normalized spacial score (nSPS) is 6.81. The molecule has 0 bridgehead atoms. The molecule has 0 fully saturated rings. The molecule has 8 heteroatoms. The van der Waals surface area contributed by atoms with Gasteiger partial charge >= 0.3 is 56.5 Å². The van der Waals surface area contributed by atoms with Gasteiger partial charge in [-0.3, -0.25) is 0 Å². The molecule has 160 valence electrons. The van der Waals surface area contributed by atoms with Gasteiger partial charge in [0.05, 0.1) is 7.92 Å². The molecule has 0 unspecified atom stereocenters. The Balaban J connectivity index is -0.000000167. The standard InChI is InChI=1S/C18H15P.5CO.Au.Re/c1-4-10-16(11-5-1)19(17-12-6-2-7-13-17)18-14-8-3-9-15-18;5*1-2;;/h1-15H;;;;;;;/p+1. The minimum absolute atomic E-state index is 0. The van der Waals surface area contributed by atoms with Crippen molar-refractivity contribution in [3.63, 3.8) is 0 Å². The Morgan fingerprint density at radius 1 is 0.387 bits per heavy atom. The van der Waals surface area contributed by atoms with Crippen LogP contribution in [0.5, 0.6) is 0 Å². The van der Waals surface area contributed by atoms with Gasteiger partial charge in [0.1, 0.15) is 15.9 Å². The van der Waals surface area contributed by atoms with Crippen molar-refractivity contribution in [2.24, 2.45) is 0 Å². The number of benzene rings is 3. The van der Waals surface area contributed by atoms with Crippen LogP contribution in [0.15, 0.2) is 91.0 Å². The molecule has 31 heavy (non-hydrogen) atoms. The molecule has 3 aromatic carbocycles. The van der Waals surface area contributed by atoms with Crippen LogP contribution in [0.1, 0.15) is 0 Å². The van der Waals surface area contributed by atoms with Crippen LogP contribution in [-0.4, -0.2) is 0 Å². The quantitative estimate of drug-likeness (QED) is 0.169. The van der Waals surface area contributed by atoms with E-state index in [0.717, 1.165) is 0 Å². The summed E-state index contributed by atoms with van der Waals surface area (Å²) in [5.74, 6) is 0. The van der Waals surface area contributed by atoms with Gasteiger partial charge in [-0.05, 0) is 36.4 Å². The van der Waals surface area contributed by atoms with Gasteiger partial charge in [-0.2, -0.15) is 0 Å². The SMILES string of the molecule is [Au].[C-]#[O+].[C-]#[O+].[C-]#[O+].[C-]#[O+].[C-]#[O+].[Re].c1ccc([PH+](c2ccccc2)c2ccccc2)cc1. The minimum atomic E-state index is -0.877. The van der Waals surface area contributed by atoms with Gasteiger partial charge in [-0.15, -0.1) is 0 Å². The van der Waals surface area contributed by atoms with E-state index in [0.29, 0.717) is 0 Å². The first-order chi connectivity index (χ1) is 14.4. The average molecular weight is 787 g/mol. The topological polar surface area (TPSA) is 99.5 Å². The fraction of sp³-hybridized carbons (Fsp3) is 0. The van der Waals surface area contributed by atoms with Crippen LogP contribution in [-0.2, 0) is 66.1 Å². The molecule has 0 aliphatic heterocycles. The molecule has 0 aromatic heterocycles. The summed E-state index contributed by atoms with van der Waals surface area (Å²) in [6, 6.07) is 32.5. The Morgan fingerprint density at radius 2 is 0.548 bits per heavy atom. The van der Waals surface area contributed by atoms with E-state index in [9.17, 15) is 0 Å². The van der Waals surface area contributed by atoms with E-state index >= 15 is 0 Å². The van der Waals surface area contributed by atoms with E-state index in [2.05, 4.69) is 124 Å². The predicted octanol–water partition coefficient (Wildman–Crippen LogP) is 2.98. The maximum atomic E-state index is 7.50. The second kappa shape index (κ2) is 32.8. The van der Waals surface area contributed by atoms with E-state index in [1.807, 2.05) is 0 Å². The first-order valence-electron chi connectivity index (χ1n) is 7.50. The third-order valence-corrected chi connectivity index (χ3v) is 5.92. The zero-order valence-corrected chi connectivity index (χ0v) is 21.8. The minimum Gasteiger partial charge on any atom is -0.0620 e. The fourth-order valence-corrected chi connectivity index (χ4v) is 4.89. The van der Waals surface area contributed by atoms with Crippen LogP contribution in [0.3, 0.4) is 0 Å². The average Bonchev–Trinajstić information content (AvgIpc) is 2.88. The molecule has 3 aromatic rings. The molecule has 0 amide bonds. The molecule has 2 radical (unpaired) electrons. The molecule has 0 aliphatic rings. The van der Waals surface area contributed by atoms with Crippen LogP contribution in [0, 0.1) is 33.3 Å². The first-order valence-corrected chi connectivity index (χ1v) is 9.00. The third-order valence-electron chi connectivity index (χ3n) is 3.19. The van der Waals surface area contributed by atoms with E-state index in [1.165, 1.54) is 15.9 Å². The molecule has 0 saturated heterocycles. The van der Waals surface area contributed by atoms with Crippen LogP contribution >= 0.6 is 7.92 Å². The summed E-state index contributed by atoms with van der Waals surface area (Å²) in [7, 11) is -0.877. The summed E-state index contributed by atoms with van der Waals surface area (Å²) in [6.45, 7) is 22.5. The summed E-state index contributed by atoms with van der Waals surface area (Å²) in [5, 5.41) is 4.31. The molecule has 0 N–H and O–H groups in total. The summed E-state index contributed by atoms with van der Waals surface area (Å²) >= 11 is 0. The summed E-state index contributed by atoms with van der Waals surface area (Å²) in [5.41, 5.74) is 0. The van der Waals surface area contributed by atoms with Crippen LogP contribution in [0.2, 0.25) is 0 Å². The smallest absolute Gasteiger partial charge is 0.0620 e. The monoisotopic (exact) mass is 787 g/mol. The molecule has 0 spiro atoms. The zero-order chi connectivity index (χ0) is 22.9. The number of rotatable bonds is 3. The maximum Gasteiger partial charge on any atom is 0.102 e. The molecule has 0 saturated carbocycles. The van der Waals surface area contributed by atoms with Crippen molar-refractivity contribution in [1.29, 1.82) is 0 Å². The summed E-state index contributed by atoms with van der Waals surface area (Å²) < 4.78 is 37.5. The molecule has 0 heterocycles. The van der Waals surface area contributed by atoms with Gasteiger partial charge in [0.25, 0.3) is 0 Å². The fourth-order valence-electron chi connectivity index (χ4n) is 2.31. The third kappa shape index (κ3) is 16.5. The van der Waals surface area contributed by atoms with E-state index < -0.39 is 7.92 Å². The summed E-state index contributed by atoms with van der Waals surface area (Å²) in [4.78, 5) is 0. The van der Waals surface area contributed by atoms with E-state index in [1.54, 1.807) is 0 Å². The number of hydrogen-bond acceptors (Lipinski definition) is 0. The van der Waals surface area contributed by atoms with Crippen LogP contribution in [0.25, 0.3) is 0 Å². The van der Waals surface area contributed by atoms with Crippen LogP contribution < -0.4 is 15.9 Å². The van der Waals surface area contributed by atoms with Crippen molar-refractivity contribution in [3.05, 3.63) is 124 Å². The molecular weight excluding hydrogens is 770 g/mol. The maximum absolute atomic E-state index is 7.50. The molecule has 3 rings (SSSR count). The van der Waals surface area contributed by atoms with Crippen molar-refractivity contribution in [2.75, 3.05) is 0 Å². The summed E-state index contributed by atoms with van der Waals surface area (Å²) in [6.07, 6.45) is 0. The van der Waals surface area contributed by atoms with Gasteiger partial charge in [0.15, 0.2) is 0 Å². The largest absolute Gasteiger partial charge is 0.102 e. The molecule has 0 aliphatic carbocycles.